The molecule has 0 bridgehead atoms. The third-order valence-corrected chi connectivity index (χ3v) is 4.78. The number of rotatable bonds is 6. The van der Waals surface area contributed by atoms with E-state index in [1.54, 1.807) is 12.1 Å². The molecule has 0 aliphatic heterocycles. The smallest absolute Gasteiger partial charge is 0.276 e. The maximum atomic E-state index is 6.13. The molecule has 0 aliphatic carbocycles. The van der Waals surface area contributed by atoms with Gasteiger partial charge < -0.3 is 10.2 Å². The van der Waals surface area contributed by atoms with Crippen LogP contribution in [0.15, 0.2) is 27.8 Å². The average molecular weight is 346 g/mol. The van der Waals surface area contributed by atoms with Crippen LogP contribution >= 0.6 is 35.0 Å². The van der Waals surface area contributed by atoms with E-state index in [-0.39, 0.29) is 6.04 Å². The van der Waals surface area contributed by atoms with E-state index in [1.165, 1.54) is 11.8 Å². The lowest BCUT2D eigenvalue weighted by atomic mass is 10.0. The van der Waals surface area contributed by atoms with Crippen LogP contribution in [0.4, 0.5) is 0 Å². The highest BCUT2D eigenvalue weighted by Gasteiger charge is 2.20. The number of benzene rings is 1. The van der Waals surface area contributed by atoms with Crippen molar-refractivity contribution in [2.45, 2.75) is 37.3 Å². The fourth-order valence-electron chi connectivity index (χ4n) is 1.69. The van der Waals surface area contributed by atoms with E-state index in [0.717, 1.165) is 12.0 Å². The predicted molar refractivity (Wildman–Crippen MR) is 86.7 cm³/mol. The van der Waals surface area contributed by atoms with Crippen LogP contribution in [0.1, 0.15) is 37.8 Å². The maximum absolute atomic E-state index is 6.13. The van der Waals surface area contributed by atoms with Gasteiger partial charge in [0.1, 0.15) is 0 Å². The Morgan fingerprint density at radius 2 is 2.10 bits per heavy atom. The summed E-state index contributed by atoms with van der Waals surface area (Å²) in [5, 5.41) is 9.78. The molecule has 0 radical (unpaired) electrons. The van der Waals surface area contributed by atoms with Crippen molar-refractivity contribution in [1.82, 2.24) is 10.2 Å². The van der Waals surface area contributed by atoms with Crippen molar-refractivity contribution in [3.63, 3.8) is 0 Å². The first kappa shape index (κ1) is 16.6. The van der Waals surface area contributed by atoms with Gasteiger partial charge in [-0.2, -0.15) is 0 Å². The second kappa shape index (κ2) is 7.49. The van der Waals surface area contributed by atoms with E-state index < -0.39 is 0 Å². The summed E-state index contributed by atoms with van der Waals surface area (Å²) in [6.07, 6.45) is 0.965. The van der Waals surface area contributed by atoms with Crippen LogP contribution in [-0.4, -0.2) is 10.2 Å². The van der Waals surface area contributed by atoms with Gasteiger partial charge in [0.25, 0.3) is 5.22 Å². The van der Waals surface area contributed by atoms with Crippen LogP contribution in [0.3, 0.4) is 0 Å². The van der Waals surface area contributed by atoms with Gasteiger partial charge in [0.15, 0.2) is 0 Å². The topological polar surface area (TPSA) is 64.9 Å². The molecule has 2 rings (SSSR count). The van der Waals surface area contributed by atoms with Crippen molar-refractivity contribution >= 4 is 35.0 Å². The van der Waals surface area contributed by atoms with Crippen molar-refractivity contribution in [3.05, 3.63) is 39.7 Å². The number of aromatic nitrogens is 2. The van der Waals surface area contributed by atoms with E-state index in [4.69, 9.17) is 33.4 Å². The van der Waals surface area contributed by atoms with Crippen LogP contribution in [0.25, 0.3) is 0 Å². The monoisotopic (exact) mass is 345 g/mol. The molecule has 2 atom stereocenters. The first-order valence-corrected chi connectivity index (χ1v) is 8.41. The quantitative estimate of drug-likeness (QED) is 0.767. The van der Waals surface area contributed by atoms with Gasteiger partial charge in [-0.05, 0) is 23.6 Å². The number of hydrogen-bond acceptors (Lipinski definition) is 5. The fourth-order valence-corrected chi connectivity index (χ4v) is 3.02. The highest BCUT2D eigenvalue weighted by atomic mass is 35.5. The van der Waals surface area contributed by atoms with Crippen molar-refractivity contribution in [2.75, 3.05) is 0 Å². The number of hydrogen-bond donors (Lipinski definition) is 1. The van der Waals surface area contributed by atoms with E-state index in [0.29, 0.717) is 32.8 Å². The Balaban J connectivity index is 1.99. The van der Waals surface area contributed by atoms with E-state index in [9.17, 15) is 0 Å². The Morgan fingerprint density at radius 3 is 2.76 bits per heavy atom. The summed E-state index contributed by atoms with van der Waals surface area (Å²) in [4.78, 5) is 0. The summed E-state index contributed by atoms with van der Waals surface area (Å²) in [5.41, 5.74) is 7.04. The maximum Gasteiger partial charge on any atom is 0.276 e. The summed E-state index contributed by atoms with van der Waals surface area (Å²) in [6, 6.07) is 5.19. The third-order valence-electron chi connectivity index (χ3n) is 3.33. The van der Waals surface area contributed by atoms with Crippen molar-refractivity contribution < 1.29 is 4.42 Å². The summed E-state index contributed by atoms with van der Waals surface area (Å²) in [5.74, 6) is 1.42. The molecule has 0 amide bonds. The molecule has 0 saturated carbocycles. The van der Waals surface area contributed by atoms with Gasteiger partial charge in [0.2, 0.25) is 5.89 Å². The lowest BCUT2D eigenvalue weighted by molar-refractivity contribution is 0.333. The highest BCUT2D eigenvalue weighted by molar-refractivity contribution is 7.98. The molecule has 0 aliphatic rings. The lowest BCUT2D eigenvalue weighted by Gasteiger charge is -2.13. The molecular weight excluding hydrogens is 329 g/mol. The Labute approximate surface area is 138 Å². The number of nitrogens with zero attached hydrogens (tertiary/aromatic N) is 2. The van der Waals surface area contributed by atoms with E-state index in [1.807, 2.05) is 6.07 Å². The zero-order chi connectivity index (χ0) is 15.4. The van der Waals surface area contributed by atoms with Crippen LogP contribution in [0.5, 0.6) is 0 Å². The van der Waals surface area contributed by atoms with Gasteiger partial charge in [0.05, 0.1) is 6.04 Å². The number of halogens is 2. The molecule has 2 aromatic rings. The summed E-state index contributed by atoms with van der Waals surface area (Å²) in [7, 11) is 0. The second-order valence-corrected chi connectivity index (χ2v) is 6.61. The van der Waals surface area contributed by atoms with Crippen molar-refractivity contribution in [3.8, 4) is 0 Å². The van der Waals surface area contributed by atoms with Crippen LogP contribution in [0, 0.1) is 5.92 Å². The van der Waals surface area contributed by atoms with Gasteiger partial charge >= 0.3 is 0 Å². The Bertz CT molecular complexity index is 606. The minimum Gasteiger partial charge on any atom is -0.414 e. The van der Waals surface area contributed by atoms with Crippen molar-refractivity contribution in [2.24, 2.45) is 11.7 Å². The van der Waals surface area contributed by atoms with Crippen LogP contribution < -0.4 is 5.73 Å². The molecule has 7 heteroatoms. The molecule has 1 aromatic carbocycles. The first-order valence-electron chi connectivity index (χ1n) is 6.67. The zero-order valence-corrected chi connectivity index (χ0v) is 14.2. The zero-order valence-electron chi connectivity index (χ0n) is 11.8. The van der Waals surface area contributed by atoms with Gasteiger partial charge in [-0.3, -0.25) is 0 Å². The van der Waals surface area contributed by atoms with E-state index >= 15 is 0 Å². The Hall–Kier alpha value is -0.750. The van der Waals surface area contributed by atoms with Gasteiger partial charge in [-0.1, -0.05) is 61.3 Å². The van der Waals surface area contributed by atoms with Crippen molar-refractivity contribution in [1.29, 1.82) is 0 Å². The van der Waals surface area contributed by atoms with Gasteiger partial charge in [0, 0.05) is 15.8 Å². The molecule has 21 heavy (non-hydrogen) atoms. The fraction of sp³-hybridized carbons (Fsp3) is 0.429. The predicted octanol–water partition coefficient (Wildman–Crippen LogP) is 4.71. The molecule has 0 saturated heterocycles. The summed E-state index contributed by atoms with van der Waals surface area (Å²) in [6.45, 7) is 4.15. The highest BCUT2D eigenvalue weighted by Crippen LogP contribution is 2.29. The molecular formula is C14H17Cl2N3OS. The van der Waals surface area contributed by atoms with E-state index in [2.05, 4.69) is 24.0 Å². The molecule has 4 nitrogen and oxygen atoms in total. The number of thioether (sulfide) groups is 1. The molecule has 1 aromatic heterocycles. The van der Waals surface area contributed by atoms with Gasteiger partial charge in [-0.15, -0.1) is 10.2 Å². The normalized spacial score (nSPS) is 14.1. The molecule has 114 valence electrons. The van der Waals surface area contributed by atoms with Crippen LogP contribution in [-0.2, 0) is 5.75 Å². The summed E-state index contributed by atoms with van der Waals surface area (Å²) >= 11 is 13.4. The SMILES string of the molecule is CCC(C)C(N)c1nnc(SCc2ccc(Cl)cc2Cl)o1. The standard InChI is InChI=1S/C14H17Cl2N3OS/c1-3-8(2)12(17)13-18-19-14(20-13)21-7-9-4-5-10(15)6-11(9)16/h4-6,8,12H,3,7,17H2,1-2H3. The molecule has 1 heterocycles. The minimum absolute atomic E-state index is 0.226. The summed E-state index contributed by atoms with van der Waals surface area (Å²) < 4.78 is 5.60. The van der Waals surface area contributed by atoms with Crippen LogP contribution in [0.2, 0.25) is 10.0 Å². The second-order valence-electron chi connectivity index (χ2n) is 4.84. The first-order chi connectivity index (χ1) is 10.0. The number of nitrogens with two attached hydrogens (primary N) is 1. The lowest BCUT2D eigenvalue weighted by Crippen LogP contribution is -2.18. The largest absolute Gasteiger partial charge is 0.414 e. The average Bonchev–Trinajstić information content (AvgIpc) is 2.93. The molecule has 2 N–H and O–H groups in total. The molecule has 2 unspecified atom stereocenters. The third kappa shape index (κ3) is 4.36. The molecule has 0 fully saturated rings. The minimum atomic E-state index is -0.226. The Morgan fingerprint density at radius 1 is 1.33 bits per heavy atom. The Kier molecular flexibility index (Phi) is 5.93. The molecule has 0 spiro atoms. The van der Waals surface area contributed by atoms with Gasteiger partial charge in [-0.25, -0.2) is 0 Å².